The third-order valence-electron chi connectivity index (χ3n) is 2.33. The Morgan fingerprint density at radius 3 is 2.12 bits per heavy atom. The van der Waals surface area contributed by atoms with Gasteiger partial charge in [0.2, 0.25) is 0 Å². The Morgan fingerprint density at radius 2 is 1.67 bits per heavy atom. The zero-order chi connectivity index (χ0) is 18.3. The van der Waals surface area contributed by atoms with Crippen molar-refractivity contribution in [2.45, 2.75) is 15.3 Å². The molecule has 1 aromatic heterocycles. The first-order valence-corrected chi connectivity index (χ1v) is 8.73. The van der Waals surface area contributed by atoms with E-state index in [9.17, 15) is 17.6 Å². The lowest BCUT2D eigenvalue weighted by Gasteiger charge is -2.13. The van der Waals surface area contributed by atoms with Gasteiger partial charge >= 0.3 is 10.3 Å². The molecule has 13 heteroatoms. The Morgan fingerprint density at radius 1 is 1.12 bits per heavy atom. The van der Waals surface area contributed by atoms with Crippen LogP contribution < -0.4 is 4.74 Å². The fraction of sp³-hybridized carbons (Fsp3) is 0.182. The lowest BCUT2D eigenvalue weighted by Crippen LogP contribution is -2.17. The van der Waals surface area contributed by atoms with Gasteiger partial charge in [-0.1, -0.05) is 46.4 Å². The Bertz CT molecular complexity index is 742. The van der Waals surface area contributed by atoms with Gasteiger partial charge in [0.1, 0.15) is 10.8 Å². The molecule has 1 heterocycles. The number of imidazole rings is 1. The minimum atomic E-state index is -4.89. The third-order valence-corrected chi connectivity index (χ3v) is 4.56. The number of ether oxygens (including phenoxy) is 1. The Kier molecular flexibility index (Phi) is 6.15. The van der Waals surface area contributed by atoms with Crippen molar-refractivity contribution in [3.05, 3.63) is 33.1 Å². The van der Waals surface area contributed by atoms with Crippen molar-refractivity contribution in [1.29, 1.82) is 0 Å². The summed E-state index contributed by atoms with van der Waals surface area (Å²) < 4.78 is 52.6. The van der Waals surface area contributed by atoms with E-state index in [2.05, 4.69) is 25.7 Å². The summed E-state index contributed by atoms with van der Waals surface area (Å²) in [6.07, 6.45) is -3.59. The fourth-order valence-corrected chi connectivity index (χ4v) is 3.87. The topological polar surface area (TPSA) is 27.1 Å². The molecule has 2 rings (SSSR count). The summed E-state index contributed by atoms with van der Waals surface area (Å²) in [4.78, 5) is 3.94. The normalized spacial score (nSPS) is 12.5. The minimum Gasteiger partial charge on any atom is -0.406 e. The molecule has 3 nitrogen and oxygen atoms in total. The first kappa shape index (κ1) is 20.3. The maximum absolute atomic E-state index is 13.2. The SMILES string of the molecule is FC(F)(F)Oc1cc(Cl)c(-n2cc(SC(F)(Cl)Cl)nc2Br)c(Cl)c1. The number of rotatable bonds is 4. The highest BCUT2D eigenvalue weighted by molar-refractivity contribution is 9.10. The maximum atomic E-state index is 13.2. The molecule has 0 aliphatic carbocycles. The molecular formula is C11H3BrCl4F4N2OS. The van der Waals surface area contributed by atoms with E-state index >= 15 is 0 Å². The predicted octanol–water partition coefficient (Wildman–Crippen LogP) is 6.99. The van der Waals surface area contributed by atoms with E-state index in [0.29, 0.717) is 11.8 Å². The molecule has 24 heavy (non-hydrogen) atoms. The summed E-state index contributed by atoms with van der Waals surface area (Å²) in [6.45, 7) is 0. The smallest absolute Gasteiger partial charge is 0.406 e. The van der Waals surface area contributed by atoms with Crippen LogP contribution in [0.4, 0.5) is 17.6 Å². The summed E-state index contributed by atoms with van der Waals surface area (Å²) in [5, 5.41) is -0.226. The molecule has 0 saturated carbocycles. The second kappa shape index (κ2) is 7.28. The Hall–Kier alpha value is -0.0600. The first-order chi connectivity index (χ1) is 10.9. The van der Waals surface area contributed by atoms with Crippen LogP contribution >= 0.6 is 74.1 Å². The van der Waals surface area contributed by atoms with Crippen molar-refractivity contribution < 1.29 is 22.3 Å². The number of halogens is 9. The van der Waals surface area contributed by atoms with E-state index in [4.69, 9.17) is 46.4 Å². The summed E-state index contributed by atoms with van der Waals surface area (Å²) in [5.41, 5.74) is 0.104. The van der Waals surface area contributed by atoms with Gasteiger partial charge in [0.25, 0.3) is 0 Å². The zero-order valence-electron chi connectivity index (χ0n) is 10.8. The summed E-state index contributed by atoms with van der Waals surface area (Å²) in [5.74, 6) is -0.587. The van der Waals surface area contributed by atoms with Crippen LogP contribution in [-0.4, -0.2) is 19.8 Å². The van der Waals surface area contributed by atoms with Crippen LogP contribution in [0.5, 0.6) is 5.75 Å². The van der Waals surface area contributed by atoms with Crippen LogP contribution in [0.2, 0.25) is 10.0 Å². The van der Waals surface area contributed by atoms with Crippen molar-refractivity contribution in [1.82, 2.24) is 9.55 Å². The van der Waals surface area contributed by atoms with E-state index in [0.717, 1.165) is 12.1 Å². The number of aromatic nitrogens is 2. The van der Waals surface area contributed by atoms with E-state index in [1.54, 1.807) is 0 Å². The van der Waals surface area contributed by atoms with E-state index in [1.807, 2.05) is 0 Å². The van der Waals surface area contributed by atoms with Gasteiger partial charge < -0.3 is 4.74 Å². The molecular weight excluding hydrogens is 506 g/mol. The van der Waals surface area contributed by atoms with E-state index in [-0.39, 0.29) is 25.5 Å². The highest BCUT2D eigenvalue weighted by atomic mass is 79.9. The van der Waals surface area contributed by atoms with Gasteiger partial charge in [-0.05, 0) is 27.7 Å². The second-order valence-electron chi connectivity index (χ2n) is 4.05. The molecule has 0 fully saturated rings. The number of alkyl halides is 6. The molecule has 0 saturated heterocycles. The molecule has 0 unspecified atom stereocenters. The average molecular weight is 509 g/mol. The highest BCUT2D eigenvalue weighted by Crippen LogP contribution is 2.43. The summed E-state index contributed by atoms with van der Waals surface area (Å²) in [7, 11) is 0. The largest absolute Gasteiger partial charge is 0.573 e. The van der Waals surface area contributed by atoms with Gasteiger partial charge in [-0.15, -0.1) is 13.2 Å². The molecule has 132 valence electrons. The molecule has 1 aromatic carbocycles. The summed E-state index contributed by atoms with van der Waals surface area (Å²) >= 11 is 25.9. The number of hydrogen-bond acceptors (Lipinski definition) is 3. The molecule has 0 amide bonds. The third kappa shape index (κ3) is 5.47. The maximum Gasteiger partial charge on any atom is 0.573 e. The van der Waals surface area contributed by atoms with Crippen LogP contribution in [-0.2, 0) is 0 Å². The fourth-order valence-electron chi connectivity index (χ4n) is 1.63. The number of hydrogen-bond donors (Lipinski definition) is 0. The second-order valence-corrected chi connectivity index (χ2v) is 8.44. The van der Waals surface area contributed by atoms with Gasteiger partial charge in [0.15, 0.2) is 4.73 Å². The summed E-state index contributed by atoms with van der Waals surface area (Å²) in [6, 6.07) is 1.86. The lowest BCUT2D eigenvalue weighted by atomic mass is 10.3. The van der Waals surface area contributed by atoms with Crippen molar-refractivity contribution in [2.75, 3.05) is 0 Å². The molecule has 0 aliphatic rings. The van der Waals surface area contributed by atoms with Gasteiger partial charge in [0, 0.05) is 18.3 Å². The Balaban J connectivity index is 2.43. The van der Waals surface area contributed by atoms with Gasteiger partial charge in [-0.3, -0.25) is 4.57 Å². The van der Waals surface area contributed by atoms with Gasteiger partial charge in [0.05, 0.1) is 15.7 Å². The predicted molar refractivity (Wildman–Crippen MR) is 89.4 cm³/mol. The quantitative estimate of drug-likeness (QED) is 0.253. The van der Waals surface area contributed by atoms with Crippen molar-refractivity contribution in [3.63, 3.8) is 0 Å². The molecule has 0 spiro atoms. The van der Waals surface area contributed by atoms with Crippen LogP contribution in [0, 0.1) is 0 Å². The average Bonchev–Trinajstić information content (AvgIpc) is 2.64. The zero-order valence-corrected chi connectivity index (χ0v) is 16.3. The standard InChI is InChI=1S/C11H3BrCl4F4N2OS/c12-9-21-7(24-10(15,16)17)3-22(9)8-5(13)1-4(2-6(8)14)23-11(18,19)20/h1-3H. The minimum absolute atomic E-state index is 0.0807. The molecule has 0 aliphatic heterocycles. The number of thioether (sulfide) groups is 1. The highest BCUT2D eigenvalue weighted by Gasteiger charge is 2.32. The van der Waals surface area contributed by atoms with Crippen LogP contribution in [0.25, 0.3) is 5.69 Å². The van der Waals surface area contributed by atoms with Crippen LogP contribution in [0.1, 0.15) is 0 Å². The monoisotopic (exact) mass is 506 g/mol. The van der Waals surface area contributed by atoms with Crippen molar-refractivity contribution in [2.24, 2.45) is 0 Å². The number of nitrogens with zero attached hydrogens (tertiary/aromatic N) is 2. The van der Waals surface area contributed by atoms with Gasteiger partial charge in [-0.2, -0.15) is 4.39 Å². The molecule has 0 radical (unpaired) electrons. The number of benzene rings is 1. The van der Waals surface area contributed by atoms with Gasteiger partial charge in [-0.25, -0.2) is 4.98 Å². The molecule has 2 aromatic rings. The lowest BCUT2D eigenvalue weighted by molar-refractivity contribution is -0.274. The van der Waals surface area contributed by atoms with Crippen molar-refractivity contribution >= 4 is 74.1 Å². The van der Waals surface area contributed by atoms with Crippen LogP contribution in [0.15, 0.2) is 28.1 Å². The van der Waals surface area contributed by atoms with E-state index in [1.165, 1.54) is 10.8 Å². The van der Waals surface area contributed by atoms with E-state index < -0.39 is 16.0 Å². The first-order valence-electron chi connectivity index (χ1n) is 5.61. The molecule has 0 N–H and O–H groups in total. The molecule has 0 atom stereocenters. The Labute approximate surface area is 165 Å². The van der Waals surface area contributed by atoms with Crippen LogP contribution in [0.3, 0.4) is 0 Å². The molecule has 0 bridgehead atoms. The van der Waals surface area contributed by atoms with Crippen molar-refractivity contribution in [3.8, 4) is 11.4 Å².